The molecule has 0 unspecified atom stereocenters. The van der Waals surface area contributed by atoms with Crippen LogP contribution in [0.5, 0.6) is 0 Å². The molecule has 0 aliphatic heterocycles. The van der Waals surface area contributed by atoms with Crippen LogP contribution in [0.1, 0.15) is 27.7 Å². The Kier molecular flexibility index (Phi) is 5.28. The summed E-state index contributed by atoms with van der Waals surface area (Å²) in [7, 11) is -1.99. The SMILES string of the molecule is CC(C)[Si](c1ccccn1)(c1ccc(Cl)cc1Br)C(C)C. The molecule has 4 heteroatoms. The normalized spacial score (nSPS) is 12.2. The van der Waals surface area contributed by atoms with Crippen molar-refractivity contribution < 1.29 is 0 Å². The Morgan fingerprint density at radius 2 is 1.71 bits per heavy atom. The molecule has 0 atom stereocenters. The standard InChI is InChI=1S/C17H21BrClNSi/c1-12(2)21(13(3)4,17-7-5-6-10-20-17)16-9-8-14(19)11-15(16)18/h5-13H,1-4H3. The predicted molar refractivity (Wildman–Crippen MR) is 98.6 cm³/mol. The molecule has 0 saturated heterocycles. The zero-order valence-corrected chi connectivity index (χ0v) is 16.2. The first-order valence-electron chi connectivity index (χ1n) is 7.27. The fraction of sp³-hybridized carbons (Fsp3) is 0.353. The second-order valence-corrected chi connectivity index (χ2v) is 12.4. The summed E-state index contributed by atoms with van der Waals surface area (Å²) in [5.74, 6) is 0. The van der Waals surface area contributed by atoms with Gasteiger partial charge in [-0.15, -0.1) is 0 Å². The Morgan fingerprint density at radius 1 is 1.05 bits per heavy atom. The fourth-order valence-electron chi connectivity index (χ4n) is 3.45. The number of benzene rings is 1. The maximum atomic E-state index is 6.14. The van der Waals surface area contributed by atoms with E-state index in [1.807, 2.05) is 24.4 Å². The minimum Gasteiger partial charge on any atom is -0.266 e. The summed E-state index contributed by atoms with van der Waals surface area (Å²) in [5, 5.41) is 3.40. The van der Waals surface area contributed by atoms with Gasteiger partial charge in [-0.05, 0) is 40.5 Å². The van der Waals surface area contributed by atoms with Gasteiger partial charge in [-0.2, -0.15) is 0 Å². The molecular weight excluding hydrogens is 362 g/mol. The highest BCUT2D eigenvalue weighted by Crippen LogP contribution is 2.34. The molecular formula is C17H21BrClNSi. The van der Waals surface area contributed by atoms with Crippen LogP contribution < -0.4 is 10.5 Å². The van der Waals surface area contributed by atoms with Gasteiger partial charge >= 0.3 is 0 Å². The number of nitrogens with zero attached hydrogens (tertiary/aromatic N) is 1. The molecule has 2 rings (SSSR count). The Bertz CT molecular complexity index is 605. The third-order valence-electron chi connectivity index (χ3n) is 4.29. The van der Waals surface area contributed by atoms with Gasteiger partial charge in [0.05, 0.1) is 0 Å². The van der Waals surface area contributed by atoms with Gasteiger partial charge in [0.25, 0.3) is 0 Å². The van der Waals surface area contributed by atoms with Crippen LogP contribution in [0.25, 0.3) is 0 Å². The van der Waals surface area contributed by atoms with E-state index in [0.717, 1.165) is 9.50 Å². The van der Waals surface area contributed by atoms with Gasteiger partial charge in [0.15, 0.2) is 0 Å². The Labute approximate surface area is 141 Å². The molecule has 0 spiro atoms. The van der Waals surface area contributed by atoms with Gasteiger partial charge < -0.3 is 0 Å². The van der Waals surface area contributed by atoms with Gasteiger partial charge in [-0.1, -0.05) is 67.4 Å². The maximum absolute atomic E-state index is 6.14. The van der Waals surface area contributed by atoms with Crippen molar-refractivity contribution in [2.75, 3.05) is 0 Å². The summed E-state index contributed by atoms with van der Waals surface area (Å²) in [6, 6.07) is 12.5. The summed E-state index contributed by atoms with van der Waals surface area (Å²) in [6.07, 6.45) is 1.91. The molecule has 1 nitrogen and oxygen atoms in total. The Balaban J connectivity index is 2.77. The van der Waals surface area contributed by atoms with Crippen LogP contribution in [0.4, 0.5) is 0 Å². The van der Waals surface area contributed by atoms with Crippen molar-refractivity contribution in [1.82, 2.24) is 4.98 Å². The predicted octanol–water partition coefficient (Wildman–Crippen LogP) is 4.88. The van der Waals surface area contributed by atoms with Crippen LogP contribution in [0.2, 0.25) is 16.1 Å². The highest BCUT2D eigenvalue weighted by atomic mass is 79.9. The molecule has 0 bridgehead atoms. The van der Waals surface area contributed by atoms with Crippen molar-refractivity contribution in [3.05, 3.63) is 52.1 Å². The summed E-state index contributed by atoms with van der Waals surface area (Å²) < 4.78 is 1.11. The minimum absolute atomic E-state index is 0.546. The lowest BCUT2D eigenvalue weighted by molar-refractivity contribution is 0.922. The first-order chi connectivity index (χ1) is 9.90. The molecule has 0 fully saturated rings. The van der Waals surface area contributed by atoms with Gasteiger partial charge in [-0.25, -0.2) is 0 Å². The van der Waals surface area contributed by atoms with Gasteiger partial charge in [0.1, 0.15) is 8.07 Å². The number of rotatable bonds is 4. The van der Waals surface area contributed by atoms with Gasteiger partial charge in [-0.3, -0.25) is 4.98 Å². The van der Waals surface area contributed by atoms with E-state index in [4.69, 9.17) is 16.6 Å². The molecule has 0 aliphatic carbocycles. The first kappa shape index (κ1) is 16.7. The third-order valence-corrected chi connectivity index (χ3v) is 11.7. The summed E-state index contributed by atoms with van der Waals surface area (Å²) in [4.78, 5) is 4.74. The van der Waals surface area contributed by atoms with Gasteiger partial charge in [0.2, 0.25) is 0 Å². The monoisotopic (exact) mass is 381 g/mol. The summed E-state index contributed by atoms with van der Waals surface area (Å²) >= 11 is 9.88. The van der Waals surface area contributed by atoms with E-state index in [9.17, 15) is 0 Å². The highest BCUT2D eigenvalue weighted by molar-refractivity contribution is 9.10. The van der Waals surface area contributed by atoms with E-state index in [2.05, 4.69) is 61.8 Å². The Hall–Kier alpha value is -0.643. The second kappa shape index (κ2) is 6.63. The van der Waals surface area contributed by atoms with E-state index >= 15 is 0 Å². The van der Waals surface area contributed by atoms with Crippen LogP contribution >= 0.6 is 27.5 Å². The molecule has 0 N–H and O–H groups in total. The van der Waals surface area contributed by atoms with Crippen LogP contribution in [-0.4, -0.2) is 13.1 Å². The second-order valence-electron chi connectivity index (χ2n) is 6.02. The van der Waals surface area contributed by atoms with Crippen molar-refractivity contribution >= 4 is 46.1 Å². The molecule has 0 radical (unpaired) electrons. The first-order valence-corrected chi connectivity index (χ1v) is 10.6. The number of hydrogen-bond acceptors (Lipinski definition) is 1. The van der Waals surface area contributed by atoms with Gasteiger partial charge in [0, 0.05) is 21.0 Å². The van der Waals surface area contributed by atoms with Crippen molar-refractivity contribution in [1.29, 1.82) is 0 Å². The van der Waals surface area contributed by atoms with Crippen LogP contribution in [0.3, 0.4) is 0 Å². The average Bonchev–Trinajstić information content (AvgIpc) is 2.42. The maximum Gasteiger partial charge on any atom is 0.147 e. The number of hydrogen-bond donors (Lipinski definition) is 0. The van der Waals surface area contributed by atoms with Crippen LogP contribution in [0.15, 0.2) is 47.1 Å². The molecule has 2 aromatic rings. The minimum atomic E-state index is -1.99. The fourth-order valence-corrected chi connectivity index (χ4v) is 10.6. The number of pyridine rings is 1. The van der Waals surface area contributed by atoms with Crippen molar-refractivity contribution in [3.63, 3.8) is 0 Å². The van der Waals surface area contributed by atoms with E-state index < -0.39 is 8.07 Å². The summed E-state index contributed by atoms with van der Waals surface area (Å²) in [6.45, 7) is 9.29. The molecule has 112 valence electrons. The lowest BCUT2D eigenvalue weighted by Crippen LogP contribution is -2.64. The van der Waals surface area contributed by atoms with E-state index in [-0.39, 0.29) is 0 Å². The lowest BCUT2D eigenvalue weighted by Gasteiger charge is -2.40. The molecule has 1 heterocycles. The number of halogens is 2. The quantitative estimate of drug-likeness (QED) is 0.687. The molecule has 1 aromatic heterocycles. The van der Waals surface area contributed by atoms with E-state index in [1.165, 1.54) is 10.5 Å². The van der Waals surface area contributed by atoms with Crippen molar-refractivity contribution in [2.45, 2.75) is 38.8 Å². The smallest absolute Gasteiger partial charge is 0.147 e. The van der Waals surface area contributed by atoms with Crippen molar-refractivity contribution in [3.8, 4) is 0 Å². The zero-order chi connectivity index (χ0) is 15.6. The Morgan fingerprint density at radius 3 is 2.19 bits per heavy atom. The largest absolute Gasteiger partial charge is 0.266 e. The number of aromatic nitrogens is 1. The van der Waals surface area contributed by atoms with E-state index in [1.54, 1.807) is 0 Å². The molecule has 21 heavy (non-hydrogen) atoms. The lowest BCUT2D eigenvalue weighted by atomic mass is 10.4. The van der Waals surface area contributed by atoms with E-state index in [0.29, 0.717) is 11.1 Å². The zero-order valence-electron chi connectivity index (χ0n) is 12.9. The van der Waals surface area contributed by atoms with Crippen molar-refractivity contribution in [2.24, 2.45) is 0 Å². The molecule has 0 aliphatic rings. The highest BCUT2D eigenvalue weighted by Gasteiger charge is 2.45. The molecule has 1 aromatic carbocycles. The summed E-state index contributed by atoms with van der Waals surface area (Å²) in [5.41, 5.74) is 1.09. The topological polar surface area (TPSA) is 12.9 Å². The molecule has 0 amide bonds. The third kappa shape index (κ3) is 2.96. The average molecular weight is 383 g/mol. The molecule has 0 saturated carbocycles. The van der Waals surface area contributed by atoms with Crippen LogP contribution in [-0.2, 0) is 0 Å². The van der Waals surface area contributed by atoms with Crippen LogP contribution in [0, 0.1) is 0 Å².